The third-order valence-corrected chi connectivity index (χ3v) is 7.14. The van der Waals surface area contributed by atoms with E-state index in [-0.39, 0.29) is 45.0 Å². The van der Waals surface area contributed by atoms with Gasteiger partial charge in [-0.2, -0.15) is 23.1 Å². The monoisotopic (exact) mass is 777 g/mol. The van der Waals surface area contributed by atoms with E-state index in [9.17, 15) is 35.9 Å². The van der Waals surface area contributed by atoms with Gasteiger partial charge in [0.15, 0.2) is 5.82 Å². The first-order valence-electron chi connectivity index (χ1n) is 13.1. The van der Waals surface area contributed by atoms with Crippen LogP contribution >= 0.6 is 39.1 Å². The smallest absolute Gasteiger partial charge is 0.406 e. The van der Waals surface area contributed by atoms with Crippen molar-refractivity contribution < 1.29 is 40.7 Å². The maximum absolute atomic E-state index is 13.7. The number of hydrogen-bond donors (Lipinski definition) is 2. The van der Waals surface area contributed by atoms with Gasteiger partial charge < -0.3 is 15.4 Å². The summed E-state index contributed by atoms with van der Waals surface area (Å²) in [5.41, 5.74) is -0.0101. The number of anilines is 1. The van der Waals surface area contributed by atoms with Crippen LogP contribution in [0.5, 0.6) is 5.75 Å². The molecule has 21 heteroatoms. The Morgan fingerprint density at radius 3 is 2.31 bits per heavy atom. The van der Waals surface area contributed by atoms with Crippen LogP contribution in [0.1, 0.15) is 37.9 Å². The number of carbonyl (C=O) groups excluding carboxylic acids is 2. The van der Waals surface area contributed by atoms with E-state index >= 15 is 0 Å². The number of rotatable bonds is 9. The van der Waals surface area contributed by atoms with E-state index in [0.717, 1.165) is 16.8 Å². The van der Waals surface area contributed by atoms with Crippen molar-refractivity contribution in [3.8, 4) is 11.6 Å². The van der Waals surface area contributed by atoms with E-state index in [2.05, 4.69) is 56.8 Å². The van der Waals surface area contributed by atoms with Crippen molar-refractivity contribution in [3.63, 3.8) is 0 Å². The minimum absolute atomic E-state index is 0.00961. The molecule has 0 saturated heterocycles. The number of benzene rings is 2. The summed E-state index contributed by atoms with van der Waals surface area (Å²) in [6, 6.07) is 11.8. The number of halogens is 9. The molecule has 0 fully saturated rings. The second-order valence-corrected chi connectivity index (χ2v) is 11.3. The van der Waals surface area contributed by atoms with E-state index in [1.165, 1.54) is 48.7 Å². The number of hydrogen-bond acceptors (Lipinski definition) is 8. The van der Waals surface area contributed by atoms with Crippen LogP contribution in [-0.4, -0.2) is 53.1 Å². The Hall–Kier alpha value is -4.75. The van der Waals surface area contributed by atoms with Crippen LogP contribution in [0.2, 0.25) is 10.0 Å². The first kappa shape index (κ1) is 34.6. The molecule has 2 amide bonds. The third-order valence-electron chi connectivity index (χ3n) is 6.09. The first-order chi connectivity index (χ1) is 22.6. The third kappa shape index (κ3) is 8.39. The molecule has 250 valence electrons. The zero-order valence-corrected chi connectivity index (χ0v) is 26.5. The number of aromatic nitrogens is 7. The SMILES string of the molecule is O=C(NCc1ccc(OC(F)(F)F)cc1)c1cc(Br)cc(Cl)c1NC(=O)c1cc(Cn2nnc(C(F)(F)F)n2)nn1-c1ncccc1Cl. The molecule has 0 radical (unpaired) electrons. The highest BCUT2D eigenvalue weighted by Crippen LogP contribution is 2.32. The number of ether oxygens (including phenoxy) is 1. The van der Waals surface area contributed by atoms with E-state index < -0.39 is 42.5 Å². The van der Waals surface area contributed by atoms with Gasteiger partial charge in [0.2, 0.25) is 0 Å². The fraction of sp³-hybridized carbons (Fsp3) is 0.148. The number of pyridine rings is 1. The van der Waals surface area contributed by atoms with Gasteiger partial charge in [-0.3, -0.25) is 9.59 Å². The molecule has 0 saturated carbocycles. The Morgan fingerprint density at radius 1 is 0.938 bits per heavy atom. The number of carbonyl (C=O) groups is 2. The van der Waals surface area contributed by atoms with Crippen LogP contribution in [0.25, 0.3) is 5.82 Å². The van der Waals surface area contributed by atoms with Gasteiger partial charge in [-0.05, 0) is 53.2 Å². The molecule has 0 aliphatic carbocycles. The lowest BCUT2D eigenvalue weighted by atomic mass is 10.1. The summed E-state index contributed by atoms with van der Waals surface area (Å²) in [5.74, 6) is -3.53. The van der Waals surface area contributed by atoms with Crippen molar-refractivity contribution in [2.45, 2.75) is 25.6 Å². The lowest BCUT2D eigenvalue weighted by Gasteiger charge is -2.15. The molecule has 0 unspecified atom stereocenters. The summed E-state index contributed by atoms with van der Waals surface area (Å²) in [5, 5.41) is 19.1. The molecule has 2 aromatic carbocycles. The summed E-state index contributed by atoms with van der Waals surface area (Å²) < 4.78 is 81.6. The molecule has 3 aromatic heterocycles. The molecule has 5 aromatic rings. The van der Waals surface area contributed by atoms with Gasteiger partial charge in [0.05, 0.1) is 27.0 Å². The van der Waals surface area contributed by atoms with E-state index in [1.54, 1.807) is 0 Å². The van der Waals surface area contributed by atoms with Gasteiger partial charge in [0.25, 0.3) is 17.6 Å². The van der Waals surface area contributed by atoms with Gasteiger partial charge in [-0.1, -0.05) is 51.3 Å². The van der Waals surface area contributed by atoms with Crippen LogP contribution < -0.4 is 15.4 Å². The van der Waals surface area contributed by atoms with Crippen molar-refractivity contribution in [2.24, 2.45) is 0 Å². The topological polar surface area (TPSA) is 142 Å². The van der Waals surface area contributed by atoms with Gasteiger partial charge >= 0.3 is 12.5 Å². The molecule has 5 rings (SSSR count). The summed E-state index contributed by atoms with van der Waals surface area (Å²) >= 11 is 16.0. The fourth-order valence-electron chi connectivity index (χ4n) is 4.08. The molecule has 3 heterocycles. The second kappa shape index (κ2) is 13.8. The standard InChI is InChI=1S/C27H16BrCl2F6N9O3/c28-14-8-17(23(46)38-11-13-3-5-16(6-4-13)48-27(34,35)36)21(19(30)9-14)39-24(47)20-10-15(12-44-42-25(40-43-44)26(31,32)33)41-45(20)22-18(29)2-1-7-37-22/h1-10H,11-12H2,(H,38,46)(H,39,47). The van der Waals surface area contributed by atoms with Gasteiger partial charge in [0.1, 0.15) is 18.0 Å². The molecular formula is C27H16BrCl2F6N9O3. The quantitative estimate of drug-likeness (QED) is 0.162. The highest BCUT2D eigenvalue weighted by atomic mass is 79.9. The average molecular weight is 779 g/mol. The normalized spacial score (nSPS) is 11.8. The maximum Gasteiger partial charge on any atom is 0.573 e. The largest absolute Gasteiger partial charge is 0.573 e. The van der Waals surface area contributed by atoms with Crippen molar-refractivity contribution in [1.29, 1.82) is 0 Å². The maximum atomic E-state index is 13.7. The van der Waals surface area contributed by atoms with Crippen LogP contribution in [0.4, 0.5) is 32.0 Å². The van der Waals surface area contributed by atoms with Crippen LogP contribution in [0, 0.1) is 0 Å². The molecule has 0 aliphatic heterocycles. The van der Waals surface area contributed by atoms with Gasteiger partial charge in [-0.15, -0.1) is 23.4 Å². The molecular weight excluding hydrogens is 763 g/mol. The Bertz CT molecular complexity index is 1980. The summed E-state index contributed by atoms with van der Waals surface area (Å²) in [6.45, 7) is -0.555. The minimum atomic E-state index is -4.87. The Labute approximate surface area is 283 Å². The summed E-state index contributed by atoms with van der Waals surface area (Å²) in [4.78, 5) is 31.7. The fourth-order valence-corrected chi connectivity index (χ4v) is 5.13. The van der Waals surface area contributed by atoms with Crippen molar-refractivity contribution in [2.75, 3.05) is 5.32 Å². The van der Waals surface area contributed by atoms with Gasteiger partial charge in [-0.25, -0.2) is 9.67 Å². The highest BCUT2D eigenvalue weighted by molar-refractivity contribution is 9.10. The number of tetrazole rings is 1. The second-order valence-electron chi connectivity index (χ2n) is 9.52. The molecule has 0 atom stereocenters. The number of alkyl halides is 6. The van der Waals surface area contributed by atoms with E-state index in [1.807, 2.05) is 0 Å². The van der Waals surface area contributed by atoms with Crippen LogP contribution in [0.3, 0.4) is 0 Å². The number of amides is 2. The first-order valence-corrected chi connectivity index (χ1v) is 14.6. The average Bonchev–Trinajstić information content (AvgIpc) is 3.65. The highest BCUT2D eigenvalue weighted by Gasteiger charge is 2.37. The Morgan fingerprint density at radius 2 is 1.67 bits per heavy atom. The molecule has 12 nitrogen and oxygen atoms in total. The zero-order chi connectivity index (χ0) is 34.8. The predicted molar refractivity (Wildman–Crippen MR) is 160 cm³/mol. The predicted octanol–water partition coefficient (Wildman–Crippen LogP) is 6.47. The van der Waals surface area contributed by atoms with Crippen molar-refractivity contribution >= 4 is 56.6 Å². The van der Waals surface area contributed by atoms with Crippen molar-refractivity contribution in [3.05, 3.63) is 104 Å². The molecule has 48 heavy (non-hydrogen) atoms. The summed E-state index contributed by atoms with van der Waals surface area (Å²) in [6.07, 6.45) is -8.34. The molecule has 0 bridgehead atoms. The number of nitrogens with one attached hydrogen (secondary N) is 2. The zero-order valence-electron chi connectivity index (χ0n) is 23.4. The Kier molecular flexibility index (Phi) is 9.92. The lowest BCUT2D eigenvalue weighted by molar-refractivity contribution is -0.274. The van der Waals surface area contributed by atoms with Gasteiger partial charge in [0, 0.05) is 17.2 Å². The minimum Gasteiger partial charge on any atom is -0.406 e. The Balaban J connectivity index is 1.41. The van der Waals surface area contributed by atoms with E-state index in [0.29, 0.717) is 14.8 Å². The number of nitrogens with zero attached hydrogens (tertiary/aromatic N) is 7. The molecule has 0 spiro atoms. The molecule has 2 N–H and O–H groups in total. The lowest BCUT2D eigenvalue weighted by Crippen LogP contribution is -2.26. The van der Waals surface area contributed by atoms with Crippen LogP contribution in [0.15, 0.2) is 65.3 Å². The van der Waals surface area contributed by atoms with Crippen LogP contribution in [-0.2, 0) is 19.3 Å². The summed E-state index contributed by atoms with van der Waals surface area (Å²) in [7, 11) is 0. The van der Waals surface area contributed by atoms with Crippen molar-refractivity contribution in [1.82, 2.24) is 40.3 Å². The van der Waals surface area contributed by atoms with E-state index in [4.69, 9.17) is 23.2 Å². The molecule has 0 aliphatic rings.